The number of amides is 2. The van der Waals surface area contributed by atoms with Crippen molar-refractivity contribution in [1.29, 1.82) is 5.39 Å². The van der Waals surface area contributed by atoms with Crippen molar-refractivity contribution in [2.45, 2.75) is 19.4 Å². The molecule has 0 aliphatic carbocycles. The molecule has 0 radical (unpaired) electrons. The quantitative estimate of drug-likeness (QED) is 0.564. The second kappa shape index (κ2) is 6.91. The fourth-order valence-electron chi connectivity index (χ4n) is 1.38. The van der Waals surface area contributed by atoms with Crippen molar-refractivity contribution in [3.05, 3.63) is 47.3 Å². The summed E-state index contributed by atoms with van der Waals surface area (Å²) in [5.74, 6) is -0.205. The number of urea groups is 1. The van der Waals surface area contributed by atoms with Crippen LogP contribution in [-0.4, -0.2) is 17.2 Å². The lowest BCUT2D eigenvalue weighted by Gasteiger charge is -2.14. The fourth-order valence-corrected chi connectivity index (χ4v) is 1.38. The molecule has 1 aromatic rings. The molecular formula is C12H15N4O2+. The van der Waals surface area contributed by atoms with E-state index in [1.54, 1.807) is 31.2 Å². The van der Waals surface area contributed by atoms with E-state index in [0.29, 0.717) is 12.1 Å². The Labute approximate surface area is 105 Å². The topological polar surface area (TPSA) is 89.5 Å². The molecule has 6 heteroatoms. The normalized spacial score (nSPS) is 12.3. The van der Waals surface area contributed by atoms with Gasteiger partial charge in [0.2, 0.25) is 11.2 Å². The molecular weight excluding hydrogens is 232 g/mol. The van der Waals surface area contributed by atoms with Gasteiger partial charge in [-0.3, -0.25) is 0 Å². The second-order valence-corrected chi connectivity index (χ2v) is 3.59. The van der Waals surface area contributed by atoms with Gasteiger partial charge in [0, 0.05) is 5.69 Å². The molecule has 1 rings (SSSR count). The van der Waals surface area contributed by atoms with Crippen LogP contribution in [0, 0.1) is 5.39 Å². The van der Waals surface area contributed by atoms with Gasteiger partial charge in [-0.25, -0.2) is 4.79 Å². The summed E-state index contributed by atoms with van der Waals surface area (Å²) in [6.07, 6.45) is 1.36. The van der Waals surface area contributed by atoms with Crippen LogP contribution in [0.5, 0.6) is 0 Å². The number of diazo groups is 1. The predicted octanol–water partition coefficient (Wildman–Crippen LogP) is 2.84. The van der Waals surface area contributed by atoms with Crippen molar-refractivity contribution in [2.24, 2.45) is 0 Å². The lowest BCUT2D eigenvalue weighted by atomic mass is 10.2. The molecule has 0 aliphatic rings. The van der Waals surface area contributed by atoms with Crippen LogP contribution in [0.3, 0.4) is 0 Å². The maximum atomic E-state index is 11.6. The predicted molar refractivity (Wildman–Crippen MR) is 68.5 cm³/mol. The number of nitrogens with one attached hydrogen (secondary N) is 2. The molecule has 6 nitrogen and oxygen atoms in total. The van der Waals surface area contributed by atoms with Gasteiger partial charge in [-0.1, -0.05) is 25.1 Å². The highest BCUT2D eigenvalue weighted by molar-refractivity contribution is 5.89. The molecule has 18 heavy (non-hydrogen) atoms. The Balaban J connectivity index is 2.59. The first kappa shape index (κ1) is 13.5. The van der Waals surface area contributed by atoms with E-state index in [9.17, 15) is 9.90 Å². The summed E-state index contributed by atoms with van der Waals surface area (Å²) in [5, 5.41) is 23.0. The average Bonchev–Trinajstić information content (AvgIpc) is 2.37. The van der Waals surface area contributed by atoms with Crippen LogP contribution in [-0.2, 0) is 0 Å². The summed E-state index contributed by atoms with van der Waals surface area (Å²) in [6.45, 7) is 1.79. The number of carbonyl (C=O) groups is 1. The number of nitrogens with zero attached hydrogens (tertiary/aromatic N) is 2. The summed E-state index contributed by atoms with van der Waals surface area (Å²) >= 11 is 0. The summed E-state index contributed by atoms with van der Waals surface area (Å²) in [5.41, 5.74) is 0.653. The van der Waals surface area contributed by atoms with Gasteiger partial charge < -0.3 is 15.7 Å². The van der Waals surface area contributed by atoms with E-state index in [-0.39, 0.29) is 5.76 Å². The van der Waals surface area contributed by atoms with E-state index >= 15 is 0 Å². The highest BCUT2D eigenvalue weighted by atomic mass is 16.3. The Morgan fingerprint density at radius 1 is 1.50 bits per heavy atom. The van der Waals surface area contributed by atoms with E-state index in [1.165, 1.54) is 0 Å². The number of aliphatic hydroxyl groups excluding tert-OH is 1. The van der Waals surface area contributed by atoms with Gasteiger partial charge in [-0.15, -0.1) is 0 Å². The minimum atomic E-state index is -0.593. The number of benzene rings is 1. The Bertz CT molecular complexity index is 465. The molecule has 0 saturated heterocycles. The van der Waals surface area contributed by atoms with Crippen LogP contribution in [0.2, 0.25) is 0 Å². The molecule has 3 N–H and O–H groups in total. The highest BCUT2D eigenvalue weighted by Gasteiger charge is 2.17. The van der Waals surface area contributed by atoms with Gasteiger partial charge in [0.25, 0.3) is 0 Å². The third-order valence-electron chi connectivity index (χ3n) is 2.29. The molecule has 2 amide bonds. The lowest BCUT2D eigenvalue weighted by Crippen LogP contribution is -2.38. The molecule has 1 aromatic carbocycles. The van der Waals surface area contributed by atoms with Crippen LogP contribution in [0.15, 0.2) is 42.3 Å². The smallest absolute Gasteiger partial charge is 0.389 e. The summed E-state index contributed by atoms with van der Waals surface area (Å²) < 4.78 is 0. The van der Waals surface area contributed by atoms with E-state index in [4.69, 9.17) is 5.39 Å². The zero-order valence-corrected chi connectivity index (χ0v) is 10.00. The lowest BCUT2D eigenvalue weighted by molar-refractivity contribution is 0.244. The molecule has 1 atom stereocenters. The highest BCUT2D eigenvalue weighted by Crippen LogP contribution is 2.07. The number of rotatable bonds is 4. The van der Waals surface area contributed by atoms with E-state index in [2.05, 4.69) is 15.6 Å². The second-order valence-electron chi connectivity index (χ2n) is 3.59. The number of carbonyl (C=O) groups excluding carboxylic acids is 1. The Hall–Kier alpha value is -2.55. The van der Waals surface area contributed by atoms with Gasteiger partial charge in [-0.2, -0.15) is 0 Å². The summed E-state index contributed by atoms with van der Waals surface area (Å²) in [4.78, 5) is 14.3. The average molecular weight is 247 g/mol. The first-order valence-electron chi connectivity index (χ1n) is 5.53. The Morgan fingerprint density at radius 2 is 2.17 bits per heavy atom. The zero-order valence-electron chi connectivity index (χ0n) is 10.00. The van der Waals surface area contributed by atoms with E-state index < -0.39 is 12.1 Å². The SMILES string of the molecule is CCC(NC(=O)Nc1ccccc1)/C(O)=C\[N+]#N. The zero-order chi connectivity index (χ0) is 13.4. The summed E-state index contributed by atoms with van der Waals surface area (Å²) in [6, 6.07) is 7.91. The third kappa shape index (κ3) is 4.14. The van der Waals surface area contributed by atoms with Gasteiger partial charge in [0.15, 0.2) is 4.98 Å². The van der Waals surface area contributed by atoms with Gasteiger partial charge >= 0.3 is 12.2 Å². The van der Waals surface area contributed by atoms with E-state index in [0.717, 1.165) is 6.20 Å². The van der Waals surface area contributed by atoms with Crippen molar-refractivity contribution >= 4 is 11.7 Å². The molecule has 0 heterocycles. The molecule has 0 aliphatic heterocycles. The van der Waals surface area contributed by atoms with Crippen LogP contribution in [0.4, 0.5) is 10.5 Å². The maximum absolute atomic E-state index is 11.6. The standard InChI is InChI=1S/C12H14N4O2/c1-2-10(11(17)8-14-13)16-12(18)15-9-6-4-3-5-7-9/h3-8,10H,2H2,1H3,(H2-,15,16,17,18)/p+1/b11-8+. The van der Waals surface area contributed by atoms with E-state index in [1.807, 2.05) is 6.07 Å². The molecule has 1 unspecified atom stereocenters. The number of aliphatic hydroxyl groups is 1. The van der Waals surface area contributed by atoms with Gasteiger partial charge in [0.05, 0.1) is 6.04 Å². The van der Waals surface area contributed by atoms with Crippen LogP contribution >= 0.6 is 0 Å². The summed E-state index contributed by atoms with van der Waals surface area (Å²) in [7, 11) is 0. The molecule has 0 spiro atoms. The first-order valence-corrected chi connectivity index (χ1v) is 5.53. The van der Waals surface area contributed by atoms with Crippen LogP contribution in [0.1, 0.15) is 13.3 Å². The third-order valence-corrected chi connectivity index (χ3v) is 2.29. The Morgan fingerprint density at radius 3 is 2.72 bits per heavy atom. The van der Waals surface area contributed by atoms with Crippen molar-refractivity contribution in [1.82, 2.24) is 5.32 Å². The first-order chi connectivity index (χ1) is 8.67. The number of para-hydroxylation sites is 1. The largest absolute Gasteiger partial charge is 0.504 e. The van der Waals surface area contributed by atoms with Gasteiger partial charge in [0.1, 0.15) is 0 Å². The molecule has 0 saturated carbocycles. The molecule has 0 aromatic heterocycles. The van der Waals surface area contributed by atoms with Crippen LogP contribution < -0.4 is 10.6 Å². The number of hydrogen-bond donors (Lipinski definition) is 3. The minimum absolute atomic E-state index is 0.205. The van der Waals surface area contributed by atoms with Crippen molar-refractivity contribution in [2.75, 3.05) is 5.32 Å². The number of hydrogen-bond acceptors (Lipinski definition) is 3. The molecule has 0 fully saturated rings. The van der Waals surface area contributed by atoms with Gasteiger partial charge in [-0.05, 0) is 18.6 Å². The maximum Gasteiger partial charge on any atom is 0.389 e. The minimum Gasteiger partial charge on any atom is -0.504 e. The van der Waals surface area contributed by atoms with Crippen molar-refractivity contribution < 1.29 is 9.90 Å². The Kier molecular flexibility index (Phi) is 5.19. The van der Waals surface area contributed by atoms with Crippen molar-refractivity contribution in [3.63, 3.8) is 0 Å². The number of anilines is 1. The van der Waals surface area contributed by atoms with Crippen molar-refractivity contribution in [3.8, 4) is 0 Å². The molecule has 94 valence electrons. The monoisotopic (exact) mass is 247 g/mol. The fraction of sp³-hybridized carbons (Fsp3) is 0.250. The molecule has 0 bridgehead atoms. The van der Waals surface area contributed by atoms with Crippen LogP contribution in [0.25, 0.3) is 4.98 Å².